The van der Waals surface area contributed by atoms with Crippen LogP contribution in [-0.2, 0) is 11.3 Å². The lowest BCUT2D eigenvalue weighted by Gasteiger charge is -2.27. The monoisotopic (exact) mass is 376 g/mol. The molecule has 1 heterocycles. The van der Waals surface area contributed by atoms with E-state index < -0.39 is 0 Å². The number of benzene rings is 1. The number of carbonyl (C=O) groups is 1. The van der Waals surface area contributed by atoms with Gasteiger partial charge in [0.2, 0.25) is 5.91 Å². The average molecular weight is 377 g/mol. The van der Waals surface area contributed by atoms with Crippen LogP contribution in [0.25, 0.3) is 0 Å². The average Bonchev–Trinajstić information content (AvgIpc) is 3.19. The first-order valence-corrected chi connectivity index (χ1v) is 9.88. The third-order valence-corrected chi connectivity index (χ3v) is 6.53. The van der Waals surface area contributed by atoms with Crippen LogP contribution in [0.3, 0.4) is 0 Å². The third-order valence-electron chi connectivity index (χ3n) is 4.73. The van der Waals surface area contributed by atoms with Gasteiger partial charge in [-0.15, -0.1) is 11.8 Å². The summed E-state index contributed by atoms with van der Waals surface area (Å²) in [6.07, 6.45) is 4.08. The molecule has 0 saturated heterocycles. The molecule has 0 spiro atoms. The van der Waals surface area contributed by atoms with Gasteiger partial charge >= 0.3 is 0 Å². The van der Waals surface area contributed by atoms with Crippen molar-refractivity contribution in [3.63, 3.8) is 0 Å². The molecular formula is C18H24N4OS2. The fourth-order valence-corrected chi connectivity index (χ4v) is 4.91. The molecule has 1 aliphatic rings. The van der Waals surface area contributed by atoms with Gasteiger partial charge in [0.1, 0.15) is 5.82 Å². The number of aryl methyl sites for hydroxylation is 2. The maximum absolute atomic E-state index is 12.9. The Morgan fingerprint density at radius 1 is 1.32 bits per heavy atom. The van der Waals surface area contributed by atoms with Crippen molar-refractivity contribution in [1.82, 2.24) is 20.1 Å². The van der Waals surface area contributed by atoms with Gasteiger partial charge < -0.3 is 9.88 Å². The van der Waals surface area contributed by atoms with E-state index in [0.29, 0.717) is 17.9 Å². The smallest absolute Gasteiger partial charge is 0.236 e. The maximum atomic E-state index is 12.9. The minimum atomic E-state index is -0.345. The van der Waals surface area contributed by atoms with Crippen LogP contribution in [0, 0.1) is 18.6 Å². The summed E-state index contributed by atoms with van der Waals surface area (Å²) in [5.41, 5.74) is 1.24. The summed E-state index contributed by atoms with van der Waals surface area (Å²) >= 11 is 6.92. The second-order valence-corrected chi connectivity index (χ2v) is 8.44. The maximum Gasteiger partial charge on any atom is 0.236 e. The van der Waals surface area contributed by atoms with Crippen molar-refractivity contribution in [2.75, 3.05) is 6.54 Å². The van der Waals surface area contributed by atoms with Crippen molar-refractivity contribution in [2.45, 2.75) is 55.7 Å². The molecule has 0 radical (unpaired) electrons. The van der Waals surface area contributed by atoms with Gasteiger partial charge in [0.15, 0.2) is 4.77 Å². The van der Waals surface area contributed by atoms with E-state index >= 15 is 0 Å². The van der Waals surface area contributed by atoms with Crippen molar-refractivity contribution in [1.29, 1.82) is 0 Å². The van der Waals surface area contributed by atoms with Gasteiger partial charge in [0, 0.05) is 18.0 Å². The summed E-state index contributed by atoms with van der Waals surface area (Å²) in [5.74, 6) is 0.979. The summed E-state index contributed by atoms with van der Waals surface area (Å²) < 4.78 is 2.16. The molecule has 0 unspecified atom stereocenters. The minimum Gasteiger partial charge on any atom is -0.353 e. The van der Waals surface area contributed by atoms with Gasteiger partial charge in [-0.2, -0.15) is 5.10 Å². The van der Waals surface area contributed by atoms with Crippen LogP contribution in [0.2, 0.25) is 0 Å². The minimum absolute atomic E-state index is 0.142. The number of carbonyl (C=O) groups excluding carboxylic acids is 1. The summed E-state index contributed by atoms with van der Waals surface area (Å²) in [5, 5.41) is 9.99. The van der Waals surface area contributed by atoms with Crippen LogP contribution in [0.1, 0.15) is 37.1 Å². The molecule has 0 aliphatic heterocycles. The highest BCUT2D eigenvalue weighted by atomic mass is 32.2. The van der Waals surface area contributed by atoms with E-state index in [0.717, 1.165) is 36.4 Å². The lowest BCUT2D eigenvalue weighted by molar-refractivity contribution is -0.123. The van der Waals surface area contributed by atoms with E-state index in [9.17, 15) is 4.79 Å². The van der Waals surface area contributed by atoms with E-state index in [4.69, 9.17) is 12.2 Å². The fourth-order valence-electron chi connectivity index (χ4n) is 3.26. The molecule has 134 valence electrons. The summed E-state index contributed by atoms with van der Waals surface area (Å²) in [4.78, 5) is 14.1. The lowest BCUT2D eigenvalue weighted by atomic mass is 10.1. The van der Waals surface area contributed by atoms with E-state index in [-0.39, 0.29) is 10.7 Å². The van der Waals surface area contributed by atoms with Crippen LogP contribution in [0.15, 0.2) is 29.2 Å². The van der Waals surface area contributed by atoms with Crippen LogP contribution in [0.4, 0.5) is 0 Å². The zero-order chi connectivity index (χ0) is 17.9. The van der Waals surface area contributed by atoms with Crippen LogP contribution < -0.4 is 5.32 Å². The molecule has 1 aliphatic carbocycles. The summed E-state index contributed by atoms with van der Waals surface area (Å²) in [6, 6.07) is 8.43. The third kappa shape index (κ3) is 4.15. The molecule has 3 rings (SSSR count). The Labute approximate surface area is 157 Å². The van der Waals surface area contributed by atoms with Crippen molar-refractivity contribution in [3.8, 4) is 0 Å². The zero-order valence-corrected chi connectivity index (χ0v) is 16.3. The van der Waals surface area contributed by atoms with Crippen LogP contribution in [-0.4, -0.2) is 32.0 Å². The number of rotatable bonds is 6. The Balaban J connectivity index is 1.64. The highest BCUT2D eigenvalue weighted by molar-refractivity contribution is 8.01. The number of H-pyrrole nitrogens is 1. The van der Waals surface area contributed by atoms with E-state index in [2.05, 4.69) is 46.7 Å². The molecule has 0 bridgehead atoms. The molecule has 0 atom stereocenters. The number of nitrogens with zero attached hydrogens (tertiary/aromatic N) is 2. The van der Waals surface area contributed by atoms with Gasteiger partial charge in [0.05, 0.1) is 4.75 Å². The zero-order valence-electron chi connectivity index (χ0n) is 14.7. The van der Waals surface area contributed by atoms with Gasteiger partial charge in [0.25, 0.3) is 0 Å². The fraction of sp³-hybridized carbons (Fsp3) is 0.500. The molecular weight excluding hydrogens is 352 g/mol. The second-order valence-electron chi connectivity index (χ2n) is 6.60. The Morgan fingerprint density at radius 2 is 2.00 bits per heavy atom. The van der Waals surface area contributed by atoms with Gasteiger partial charge in [-0.25, -0.2) is 0 Å². The molecule has 2 N–H and O–H groups in total. The number of aromatic amines is 1. The van der Waals surface area contributed by atoms with Crippen LogP contribution >= 0.6 is 24.0 Å². The predicted octanol–water partition coefficient (Wildman–Crippen LogP) is 3.78. The van der Waals surface area contributed by atoms with Crippen molar-refractivity contribution in [2.24, 2.45) is 0 Å². The number of aromatic nitrogens is 3. The van der Waals surface area contributed by atoms with Crippen molar-refractivity contribution in [3.05, 3.63) is 40.4 Å². The van der Waals surface area contributed by atoms with Gasteiger partial charge in [-0.1, -0.05) is 30.5 Å². The molecule has 25 heavy (non-hydrogen) atoms. The molecule has 1 saturated carbocycles. The number of thioether (sulfide) groups is 1. The normalized spacial score (nSPS) is 16.1. The topological polar surface area (TPSA) is 62.7 Å². The van der Waals surface area contributed by atoms with Gasteiger partial charge in [-0.3, -0.25) is 9.89 Å². The summed E-state index contributed by atoms with van der Waals surface area (Å²) in [6.45, 7) is 5.18. The predicted molar refractivity (Wildman–Crippen MR) is 103 cm³/mol. The summed E-state index contributed by atoms with van der Waals surface area (Å²) in [7, 11) is 0. The molecule has 1 aromatic carbocycles. The first-order valence-electron chi connectivity index (χ1n) is 8.66. The Hall–Kier alpha value is -1.60. The van der Waals surface area contributed by atoms with E-state index in [1.54, 1.807) is 11.8 Å². The molecule has 7 heteroatoms. The first kappa shape index (κ1) is 18.2. The number of nitrogens with one attached hydrogen (secondary N) is 2. The molecule has 1 amide bonds. The first-order chi connectivity index (χ1) is 12.0. The second kappa shape index (κ2) is 7.74. The van der Waals surface area contributed by atoms with Crippen molar-refractivity contribution >= 4 is 29.9 Å². The van der Waals surface area contributed by atoms with E-state index in [1.807, 2.05) is 11.5 Å². The lowest BCUT2D eigenvalue weighted by Crippen LogP contribution is -2.43. The number of amides is 1. The highest BCUT2D eigenvalue weighted by Crippen LogP contribution is 2.45. The Morgan fingerprint density at radius 3 is 2.60 bits per heavy atom. The Kier molecular flexibility index (Phi) is 5.64. The highest BCUT2D eigenvalue weighted by Gasteiger charge is 2.41. The number of hydrogen-bond acceptors (Lipinski definition) is 4. The molecule has 5 nitrogen and oxygen atoms in total. The molecule has 1 aromatic heterocycles. The quantitative estimate of drug-likeness (QED) is 0.753. The van der Waals surface area contributed by atoms with Crippen molar-refractivity contribution < 1.29 is 4.79 Å². The number of hydrogen-bond donors (Lipinski definition) is 2. The van der Waals surface area contributed by atoms with Gasteiger partial charge in [-0.05, 0) is 51.0 Å². The largest absolute Gasteiger partial charge is 0.353 e. The molecule has 2 aromatic rings. The van der Waals surface area contributed by atoms with E-state index in [1.165, 1.54) is 5.56 Å². The van der Waals surface area contributed by atoms with Crippen LogP contribution in [0.5, 0.6) is 0 Å². The Bertz CT molecular complexity index is 788. The molecule has 1 fully saturated rings. The standard InChI is InChI=1S/C18H24N4OS2/c1-13-5-7-15(8-6-13)25-18(9-3-4-10-18)16(23)19-11-12-22-14(2)20-21-17(22)24/h5-8H,3-4,9-12H2,1-2H3,(H,19,23)(H,21,24). The SMILES string of the molecule is Cc1ccc(SC2(C(=O)NCCn3c(C)n[nH]c3=S)CCCC2)cc1.